The molecule has 3 rings (SSSR count). The Morgan fingerprint density at radius 1 is 1.24 bits per heavy atom. The lowest BCUT2D eigenvalue weighted by Crippen LogP contribution is -2.57. The van der Waals surface area contributed by atoms with E-state index in [9.17, 15) is 19.8 Å². The van der Waals surface area contributed by atoms with Crippen LogP contribution in [0, 0.1) is 22.2 Å². The Labute approximate surface area is 208 Å². The van der Waals surface area contributed by atoms with Crippen LogP contribution in [0.2, 0.25) is 0 Å². The molecular weight excluding hydrogens is 450 g/mol. The maximum Gasteiger partial charge on any atom is 0.226 e. The summed E-state index contributed by atoms with van der Waals surface area (Å²) in [5.74, 6) is -0.0776. The van der Waals surface area contributed by atoms with Gasteiger partial charge < -0.3 is 20.4 Å². The Bertz CT molecular complexity index is 906. The number of nitrogens with zero attached hydrogens (tertiary/aromatic N) is 2. The van der Waals surface area contributed by atoms with E-state index >= 15 is 0 Å². The molecule has 5 atom stereocenters. The number of amides is 2. The first-order chi connectivity index (χ1) is 15.8. The van der Waals surface area contributed by atoms with E-state index < -0.39 is 11.5 Å². The van der Waals surface area contributed by atoms with Gasteiger partial charge in [0, 0.05) is 42.1 Å². The van der Waals surface area contributed by atoms with Crippen LogP contribution in [0.15, 0.2) is 0 Å². The van der Waals surface area contributed by atoms with Gasteiger partial charge in [-0.05, 0) is 49.9 Å². The highest BCUT2D eigenvalue weighted by Crippen LogP contribution is 2.62. The number of rotatable bonds is 7. The monoisotopic (exact) mass is 493 g/mol. The smallest absolute Gasteiger partial charge is 0.226 e. The molecule has 1 heterocycles. The highest BCUT2D eigenvalue weighted by molar-refractivity contribution is 7.15. The molecule has 0 aliphatic heterocycles. The molecule has 0 aromatic carbocycles. The van der Waals surface area contributed by atoms with Crippen molar-refractivity contribution in [2.45, 2.75) is 92.6 Å². The van der Waals surface area contributed by atoms with E-state index in [0.29, 0.717) is 43.9 Å². The van der Waals surface area contributed by atoms with Crippen molar-refractivity contribution in [3.8, 4) is 0 Å². The molecule has 7 nitrogen and oxygen atoms in total. The van der Waals surface area contributed by atoms with Gasteiger partial charge >= 0.3 is 0 Å². The Morgan fingerprint density at radius 3 is 2.44 bits per heavy atom. The zero-order valence-corrected chi connectivity index (χ0v) is 22.7. The molecule has 0 spiro atoms. The highest BCUT2D eigenvalue weighted by atomic mass is 32.1. The van der Waals surface area contributed by atoms with Gasteiger partial charge in [0.15, 0.2) is 5.13 Å². The molecule has 2 aliphatic rings. The highest BCUT2D eigenvalue weighted by Gasteiger charge is 2.59. The van der Waals surface area contributed by atoms with E-state index in [1.54, 1.807) is 0 Å². The number of aliphatic hydroxyl groups is 2. The van der Waals surface area contributed by atoms with E-state index in [4.69, 9.17) is 4.98 Å². The van der Waals surface area contributed by atoms with Crippen LogP contribution < -0.4 is 5.32 Å². The van der Waals surface area contributed by atoms with Crippen LogP contribution in [-0.2, 0) is 16.0 Å². The van der Waals surface area contributed by atoms with E-state index in [2.05, 4.69) is 12.2 Å². The van der Waals surface area contributed by atoms with Crippen molar-refractivity contribution in [2.75, 3.05) is 25.0 Å². The fourth-order valence-electron chi connectivity index (χ4n) is 6.22. The SMILES string of the molecule is CCN(CC)C(=O)C[C@@H]1c2nc(NC(=O)CC(C)(C)C)sc2C[C@@H]2[C@](C)(CO)[C@H](O)CC[C@]21C. The standard InChI is InChI=1S/C26H43N3O4S/c1-8-29(9-2)21(33)12-16-22-17(34-23(28-22)27-20(32)14-24(3,4)5)13-18-25(16,6)11-10-19(31)26(18,7)15-30/h16,18-19,30-31H,8-15H2,1-7H3,(H,27,28,32)/t16-,18+,19-,25+,26+/m1/s1. The van der Waals surface area contributed by atoms with Crippen LogP contribution in [0.25, 0.3) is 0 Å². The molecule has 192 valence electrons. The average molecular weight is 494 g/mol. The number of hydrogen-bond donors (Lipinski definition) is 3. The van der Waals surface area contributed by atoms with E-state index in [1.807, 2.05) is 46.4 Å². The number of carbonyl (C=O) groups excluding carboxylic acids is 2. The van der Waals surface area contributed by atoms with Crippen molar-refractivity contribution in [1.29, 1.82) is 0 Å². The molecule has 1 saturated carbocycles. The molecule has 1 aromatic rings. The van der Waals surface area contributed by atoms with Crippen molar-refractivity contribution < 1.29 is 19.8 Å². The van der Waals surface area contributed by atoms with Crippen molar-refractivity contribution in [2.24, 2.45) is 22.2 Å². The fraction of sp³-hybridized carbons (Fsp3) is 0.808. The summed E-state index contributed by atoms with van der Waals surface area (Å²) in [6.07, 6.45) is 2.20. The summed E-state index contributed by atoms with van der Waals surface area (Å²) in [4.78, 5) is 33.7. The number of thiazole rings is 1. The summed E-state index contributed by atoms with van der Waals surface area (Å²) < 4.78 is 0. The van der Waals surface area contributed by atoms with Crippen molar-refractivity contribution >= 4 is 28.3 Å². The van der Waals surface area contributed by atoms with Gasteiger partial charge in [-0.3, -0.25) is 9.59 Å². The minimum absolute atomic E-state index is 0.00864. The number of hydrogen-bond acceptors (Lipinski definition) is 6. The topological polar surface area (TPSA) is 103 Å². The second-order valence-corrected chi connectivity index (χ2v) is 13.0. The Morgan fingerprint density at radius 2 is 1.88 bits per heavy atom. The van der Waals surface area contributed by atoms with Crippen LogP contribution in [0.4, 0.5) is 5.13 Å². The number of fused-ring (bicyclic) bond motifs is 2. The lowest BCUT2D eigenvalue weighted by molar-refractivity contribution is -0.147. The van der Waals surface area contributed by atoms with Crippen LogP contribution in [0.1, 0.15) is 90.6 Å². The minimum Gasteiger partial charge on any atom is -0.396 e. The number of carbonyl (C=O) groups is 2. The predicted molar refractivity (Wildman–Crippen MR) is 136 cm³/mol. The third-order valence-electron chi connectivity index (χ3n) is 8.33. The predicted octanol–water partition coefficient (Wildman–Crippen LogP) is 4.19. The van der Waals surface area contributed by atoms with E-state index in [-0.39, 0.29) is 41.1 Å². The number of aromatic nitrogens is 1. The first kappa shape index (κ1) is 27.1. The van der Waals surface area contributed by atoms with Gasteiger partial charge in [0.2, 0.25) is 11.8 Å². The van der Waals surface area contributed by atoms with Gasteiger partial charge in [0.1, 0.15) is 0 Å². The molecule has 0 unspecified atom stereocenters. The quantitative estimate of drug-likeness (QED) is 0.528. The molecule has 8 heteroatoms. The lowest BCUT2D eigenvalue weighted by atomic mass is 9.47. The summed E-state index contributed by atoms with van der Waals surface area (Å²) in [6, 6.07) is 0. The largest absolute Gasteiger partial charge is 0.396 e. The zero-order chi connectivity index (χ0) is 25.5. The summed E-state index contributed by atoms with van der Waals surface area (Å²) in [5.41, 5.74) is -0.151. The molecular formula is C26H43N3O4S. The Balaban J connectivity index is 2.02. The molecule has 1 aromatic heterocycles. The molecule has 2 aliphatic carbocycles. The van der Waals surface area contributed by atoms with Gasteiger partial charge in [-0.2, -0.15) is 0 Å². The maximum atomic E-state index is 13.3. The summed E-state index contributed by atoms with van der Waals surface area (Å²) in [5, 5.41) is 24.8. The first-order valence-corrected chi connectivity index (χ1v) is 13.5. The number of anilines is 1. The third-order valence-corrected chi connectivity index (χ3v) is 9.33. The Hall–Kier alpha value is -1.51. The molecule has 0 saturated heterocycles. The molecule has 2 amide bonds. The maximum absolute atomic E-state index is 13.3. The van der Waals surface area contributed by atoms with Crippen LogP contribution >= 0.6 is 11.3 Å². The van der Waals surface area contributed by atoms with Gasteiger partial charge in [-0.15, -0.1) is 11.3 Å². The second-order valence-electron chi connectivity index (χ2n) is 11.9. The lowest BCUT2D eigenvalue weighted by Gasteiger charge is -2.58. The minimum atomic E-state index is -0.652. The molecule has 1 fully saturated rings. The van der Waals surface area contributed by atoms with Gasteiger partial charge in [-0.1, -0.05) is 34.6 Å². The number of nitrogens with one attached hydrogen (secondary N) is 1. The van der Waals surface area contributed by atoms with Gasteiger partial charge in [0.05, 0.1) is 18.4 Å². The second kappa shape index (κ2) is 9.86. The van der Waals surface area contributed by atoms with Crippen LogP contribution in [0.5, 0.6) is 0 Å². The fourth-order valence-corrected chi connectivity index (χ4v) is 7.31. The van der Waals surface area contributed by atoms with Gasteiger partial charge in [0.25, 0.3) is 0 Å². The van der Waals surface area contributed by atoms with Crippen LogP contribution in [-0.4, -0.2) is 57.7 Å². The third kappa shape index (κ3) is 5.05. The molecule has 34 heavy (non-hydrogen) atoms. The van der Waals surface area contributed by atoms with Crippen molar-refractivity contribution in [1.82, 2.24) is 9.88 Å². The number of aliphatic hydroxyl groups excluding tert-OH is 2. The van der Waals surface area contributed by atoms with E-state index in [1.165, 1.54) is 11.3 Å². The van der Waals surface area contributed by atoms with Crippen molar-refractivity contribution in [3.05, 3.63) is 10.6 Å². The zero-order valence-electron chi connectivity index (χ0n) is 21.9. The first-order valence-electron chi connectivity index (χ1n) is 12.6. The molecule has 0 bridgehead atoms. The summed E-state index contributed by atoms with van der Waals surface area (Å²) in [6.45, 7) is 15.5. The molecule has 3 N–H and O–H groups in total. The Kier molecular flexibility index (Phi) is 7.85. The molecule has 0 radical (unpaired) electrons. The van der Waals surface area contributed by atoms with Gasteiger partial charge in [-0.25, -0.2) is 4.98 Å². The summed E-state index contributed by atoms with van der Waals surface area (Å²) in [7, 11) is 0. The summed E-state index contributed by atoms with van der Waals surface area (Å²) >= 11 is 1.48. The van der Waals surface area contributed by atoms with Crippen molar-refractivity contribution in [3.63, 3.8) is 0 Å². The van der Waals surface area contributed by atoms with Crippen LogP contribution in [0.3, 0.4) is 0 Å². The van der Waals surface area contributed by atoms with E-state index in [0.717, 1.165) is 17.0 Å². The average Bonchev–Trinajstić information content (AvgIpc) is 3.13. The normalized spacial score (nSPS) is 30.9.